The van der Waals surface area contributed by atoms with E-state index in [2.05, 4.69) is 0 Å². The fourth-order valence-corrected chi connectivity index (χ4v) is 3.74. The van der Waals surface area contributed by atoms with Gasteiger partial charge in [-0.15, -0.1) is 0 Å². The SMILES string of the molecule is COc1ccc2c(c1OC(C)=O)OC[C@H]1c3ccc(OC(C)=O)c(OC)c3O[C@@H]21. The highest BCUT2D eigenvalue weighted by Gasteiger charge is 2.44. The van der Waals surface area contributed by atoms with Crippen LogP contribution in [0.5, 0.6) is 34.5 Å². The summed E-state index contributed by atoms with van der Waals surface area (Å²) in [6.07, 6.45) is -0.379. The molecule has 0 aromatic heterocycles. The van der Waals surface area contributed by atoms with Crippen LogP contribution in [0.2, 0.25) is 0 Å². The van der Waals surface area contributed by atoms with Crippen LogP contribution in [0.1, 0.15) is 37.0 Å². The van der Waals surface area contributed by atoms with E-state index < -0.39 is 11.9 Å². The molecule has 0 bridgehead atoms. The number of methoxy groups -OCH3 is 2. The van der Waals surface area contributed by atoms with Crippen LogP contribution in [0, 0.1) is 0 Å². The van der Waals surface area contributed by atoms with Crippen molar-refractivity contribution in [3.8, 4) is 34.5 Å². The molecule has 29 heavy (non-hydrogen) atoms. The normalized spacial score (nSPS) is 18.3. The number of carbonyl (C=O) groups excluding carboxylic acids is 2. The maximum atomic E-state index is 11.6. The van der Waals surface area contributed by atoms with Gasteiger partial charge in [0, 0.05) is 25.0 Å². The van der Waals surface area contributed by atoms with Crippen molar-refractivity contribution < 1.29 is 38.0 Å². The van der Waals surface area contributed by atoms with E-state index in [0.29, 0.717) is 29.6 Å². The minimum Gasteiger partial charge on any atom is -0.493 e. The molecule has 0 amide bonds. The zero-order chi connectivity index (χ0) is 20.7. The average molecular weight is 400 g/mol. The first-order chi connectivity index (χ1) is 13.9. The summed E-state index contributed by atoms with van der Waals surface area (Å²) in [6.45, 7) is 2.94. The minimum atomic E-state index is -0.481. The molecule has 0 radical (unpaired) electrons. The van der Waals surface area contributed by atoms with Crippen LogP contribution in [-0.2, 0) is 9.59 Å². The molecule has 0 saturated carbocycles. The molecule has 8 heteroatoms. The van der Waals surface area contributed by atoms with E-state index in [1.165, 1.54) is 28.1 Å². The van der Waals surface area contributed by atoms with Gasteiger partial charge in [-0.3, -0.25) is 9.59 Å². The summed E-state index contributed by atoms with van der Waals surface area (Å²) in [5.41, 5.74) is 1.61. The first-order valence-electron chi connectivity index (χ1n) is 9.02. The van der Waals surface area contributed by atoms with Crippen molar-refractivity contribution >= 4 is 11.9 Å². The first-order valence-corrected chi connectivity index (χ1v) is 9.02. The number of carbonyl (C=O) groups is 2. The number of hydrogen-bond donors (Lipinski definition) is 0. The van der Waals surface area contributed by atoms with E-state index in [-0.39, 0.29) is 23.5 Å². The molecular weight excluding hydrogens is 380 g/mol. The number of hydrogen-bond acceptors (Lipinski definition) is 8. The minimum absolute atomic E-state index is 0.101. The van der Waals surface area contributed by atoms with Crippen molar-refractivity contribution in [2.24, 2.45) is 0 Å². The van der Waals surface area contributed by atoms with Crippen LogP contribution >= 0.6 is 0 Å². The quantitative estimate of drug-likeness (QED) is 0.571. The Morgan fingerprint density at radius 3 is 2.21 bits per heavy atom. The van der Waals surface area contributed by atoms with Crippen molar-refractivity contribution in [3.63, 3.8) is 0 Å². The van der Waals surface area contributed by atoms with Crippen LogP contribution in [-0.4, -0.2) is 32.8 Å². The van der Waals surface area contributed by atoms with E-state index >= 15 is 0 Å². The lowest BCUT2D eigenvalue weighted by atomic mass is 9.89. The zero-order valence-corrected chi connectivity index (χ0v) is 16.4. The Morgan fingerprint density at radius 1 is 0.862 bits per heavy atom. The maximum Gasteiger partial charge on any atom is 0.308 e. The molecule has 2 heterocycles. The second-order valence-electron chi connectivity index (χ2n) is 6.67. The van der Waals surface area contributed by atoms with Crippen LogP contribution < -0.4 is 28.4 Å². The average Bonchev–Trinajstić information content (AvgIpc) is 3.06. The summed E-state index contributed by atoms with van der Waals surface area (Å²) in [6, 6.07) is 7.05. The van der Waals surface area contributed by atoms with Crippen molar-refractivity contribution in [3.05, 3.63) is 35.4 Å². The third-order valence-electron chi connectivity index (χ3n) is 4.86. The molecule has 2 aliphatic rings. The summed E-state index contributed by atoms with van der Waals surface area (Å²) in [4.78, 5) is 23.0. The fraction of sp³-hybridized carbons (Fsp3) is 0.333. The van der Waals surface area contributed by atoms with Gasteiger partial charge in [-0.05, 0) is 18.2 Å². The number of rotatable bonds is 4. The lowest BCUT2D eigenvalue weighted by molar-refractivity contribution is -0.133. The first kappa shape index (κ1) is 18.9. The molecule has 0 saturated heterocycles. The lowest BCUT2D eigenvalue weighted by Gasteiger charge is -2.29. The second kappa shape index (κ2) is 7.20. The molecule has 0 N–H and O–H groups in total. The van der Waals surface area contributed by atoms with Crippen LogP contribution in [0.25, 0.3) is 0 Å². The standard InChI is InChI=1S/C21H20O8/c1-10(22)27-16-8-5-12-14-9-26-18-13(17(14)29-19(12)20(16)25-4)6-7-15(24-3)21(18)28-11(2)23/h5-8,14,17H,9H2,1-4H3/t14-,17-/m0/s1. The van der Waals surface area contributed by atoms with Gasteiger partial charge in [0.1, 0.15) is 6.10 Å². The summed E-state index contributed by atoms with van der Waals surface area (Å²) in [5.74, 6) is 1.13. The summed E-state index contributed by atoms with van der Waals surface area (Å²) < 4.78 is 33.6. The van der Waals surface area contributed by atoms with Crippen LogP contribution in [0.15, 0.2) is 24.3 Å². The monoisotopic (exact) mass is 400 g/mol. The number of esters is 2. The summed E-state index contributed by atoms with van der Waals surface area (Å²) in [7, 11) is 2.98. The topological polar surface area (TPSA) is 89.5 Å². The summed E-state index contributed by atoms with van der Waals surface area (Å²) >= 11 is 0. The van der Waals surface area contributed by atoms with Gasteiger partial charge >= 0.3 is 11.9 Å². The number of ether oxygens (including phenoxy) is 6. The molecule has 0 unspecified atom stereocenters. The molecule has 0 aliphatic carbocycles. The third kappa shape index (κ3) is 3.10. The van der Waals surface area contributed by atoms with E-state index in [4.69, 9.17) is 28.4 Å². The zero-order valence-electron chi connectivity index (χ0n) is 16.4. The predicted octanol–water partition coefficient (Wildman–Crippen LogP) is 3.16. The molecular formula is C21H20O8. The molecule has 2 aromatic carbocycles. The smallest absolute Gasteiger partial charge is 0.308 e. The number of fused-ring (bicyclic) bond motifs is 5. The molecule has 152 valence electrons. The maximum absolute atomic E-state index is 11.6. The molecule has 2 aliphatic heterocycles. The van der Waals surface area contributed by atoms with Gasteiger partial charge < -0.3 is 28.4 Å². The van der Waals surface area contributed by atoms with Gasteiger partial charge in [0.15, 0.2) is 23.0 Å². The van der Waals surface area contributed by atoms with E-state index in [9.17, 15) is 9.59 Å². The largest absolute Gasteiger partial charge is 0.493 e. The fourth-order valence-electron chi connectivity index (χ4n) is 3.74. The third-order valence-corrected chi connectivity index (χ3v) is 4.86. The highest BCUT2D eigenvalue weighted by Crippen LogP contribution is 2.58. The van der Waals surface area contributed by atoms with Crippen LogP contribution in [0.4, 0.5) is 0 Å². The van der Waals surface area contributed by atoms with E-state index in [1.807, 2.05) is 12.1 Å². The summed E-state index contributed by atoms with van der Waals surface area (Å²) in [5, 5.41) is 0. The molecule has 0 spiro atoms. The number of benzene rings is 2. The molecule has 2 atom stereocenters. The highest BCUT2D eigenvalue weighted by atomic mass is 16.6. The molecule has 4 rings (SSSR count). The van der Waals surface area contributed by atoms with Gasteiger partial charge in [-0.25, -0.2) is 0 Å². The second-order valence-corrected chi connectivity index (χ2v) is 6.67. The van der Waals surface area contributed by atoms with Crippen molar-refractivity contribution in [1.29, 1.82) is 0 Å². The molecule has 2 aromatic rings. The molecule has 0 fully saturated rings. The van der Waals surface area contributed by atoms with Crippen molar-refractivity contribution in [1.82, 2.24) is 0 Å². The Morgan fingerprint density at radius 2 is 1.55 bits per heavy atom. The van der Waals surface area contributed by atoms with Gasteiger partial charge in [-0.2, -0.15) is 0 Å². The Kier molecular flexibility index (Phi) is 4.70. The lowest BCUT2D eigenvalue weighted by Crippen LogP contribution is -2.24. The van der Waals surface area contributed by atoms with Gasteiger partial charge in [0.25, 0.3) is 0 Å². The Balaban J connectivity index is 1.78. The predicted molar refractivity (Wildman–Crippen MR) is 100 cm³/mol. The van der Waals surface area contributed by atoms with Gasteiger partial charge in [-0.1, -0.05) is 6.07 Å². The van der Waals surface area contributed by atoms with E-state index in [1.54, 1.807) is 12.1 Å². The van der Waals surface area contributed by atoms with Crippen molar-refractivity contribution in [2.45, 2.75) is 25.9 Å². The Bertz CT molecular complexity index is 997. The molecule has 8 nitrogen and oxygen atoms in total. The Hall–Kier alpha value is -3.42. The van der Waals surface area contributed by atoms with E-state index in [0.717, 1.165) is 11.1 Å². The van der Waals surface area contributed by atoms with Crippen LogP contribution in [0.3, 0.4) is 0 Å². The van der Waals surface area contributed by atoms with Gasteiger partial charge in [0.2, 0.25) is 11.5 Å². The Labute approximate surface area is 167 Å². The van der Waals surface area contributed by atoms with Gasteiger partial charge in [0.05, 0.1) is 26.7 Å². The highest BCUT2D eigenvalue weighted by molar-refractivity contribution is 5.74. The van der Waals surface area contributed by atoms with Crippen molar-refractivity contribution in [2.75, 3.05) is 20.8 Å².